The van der Waals surface area contributed by atoms with Crippen molar-refractivity contribution in [1.82, 2.24) is 4.90 Å². The number of benzene rings is 2. The molecule has 2 saturated carbocycles. The molecule has 146 valence electrons. The number of amides is 1. The van der Waals surface area contributed by atoms with Crippen molar-refractivity contribution in [1.29, 1.82) is 0 Å². The maximum Gasteiger partial charge on any atom is 0.226 e. The molecule has 1 heterocycles. The first-order valence-electron chi connectivity index (χ1n) is 10.7. The lowest BCUT2D eigenvalue weighted by Gasteiger charge is -2.51. The van der Waals surface area contributed by atoms with Crippen LogP contribution >= 0.6 is 0 Å². The minimum atomic E-state index is 0.202. The number of carbonyl (C=O) groups excluding carboxylic acids is 1. The van der Waals surface area contributed by atoms with Crippen molar-refractivity contribution in [2.75, 3.05) is 13.7 Å². The number of rotatable bonds is 4. The molecule has 3 aliphatic rings. The van der Waals surface area contributed by atoms with Crippen LogP contribution in [0.15, 0.2) is 54.6 Å². The molecule has 4 atom stereocenters. The summed E-state index contributed by atoms with van der Waals surface area (Å²) in [4.78, 5) is 15.5. The molecule has 5 rings (SSSR count). The van der Waals surface area contributed by atoms with E-state index in [0.29, 0.717) is 17.9 Å². The Balaban J connectivity index is 1.32. The van der Waals surface area contributed by atoms with E-state index in [1.165, 1.54) is 24.0 Å². The van der Waals surface area contributed by atoms with Gasteiger partial charge in [-0.05, 0) is 66.7 Å². The molecule has 1 aliphatic heterocycles. The Hall–Kier alpha value is -2.29. The third-order valence-electron chi connectivity index (χ3n) is 7.39. The fraction of sp³-hybridized carbons (Fsp3) is 0.480. The first kappa shape index (κ1) is 17.8. The van der Waals surface area contributed by atoms with Gasteiger partial charge in [0.05, 0.1) is 7.11 Å². The molecule has 2 aromatic carbocycles. The van der Waals surface area contributed by atoms with E-state index in [9.17, 15) is 4.79 Å². The summed E-state index contributed by atoms with van der Waals surface area (Å²) in [5, 5.41) is 0. The standard InChI is InChI=1S/C25H29NO2/c1-28-21-11-5-9-19(15-21)25-12-6-10-20(17-25)26(14-13-25)24(27)23-16-22(23)18-7-3-2-4-8-18/h2-5,7-9,11,15,20,22-23H,6,10,12-14,16-17H2,1H3/t20-,22+,23+,25+/m0/s1. The van der Waals surface area contributed by atoms with Crippen LogP contribution in [0, 0.1) is 5.92 Å². The molecule has 0 radical (unpaired) electrons. The van der Waals surface area contributed by atoms with Crippen LogP contribution in [-0.4, -0.2) is 30.5 Å². The number of hydrogen-bond donors (Lipinski definition) is 0. The molecule has 3 fully saturated rings. The van der Waals surface area contributed by atoms with Crippen molar-refractivity contribution in [2.24, 2.45) is 5.92 Å². The number of piperidine rings is 1. The summed E-state index contributed by atoms with van der Waals surface area (Å²) >= 11 is 0. The molecular formula is C25H29NO2. The van der Waals surface area contributed by atoms with Gasteiger partial charge in [-0.25, -0.2) is 0 Å². The largest absolute Gasteiger partial charge is 0.497 e. The highest BCUT2D eigenvalue weighted by molar-refractivity contribution is 5.83. The van der Waals surface area contributed by atoms with Crippen molar-refractivity contribution in [3.05, 3.63) is 65.7 Å². The number of nitrogens with zero attached hydrogens (tertiary/aromatic N) is 1. The van der Waals surface area contributed by atoms with Gasteiger partial charge >= 0.3 is 0 Å². The third kappa shape index (κ3) is 3.01. The van der Waals surface area contributed by atoms with Gasteiger partial charge in [0.15, 0.2) is 0 Å². The fourth-order valence-electron chi connectivity index (χ4n) is 5.74. The van der Waals surface area contributed by atoms with Gasteiger partial charge < -0.3 is 9.64 Å². The van der Waals surface area contributed by atoms with Gasteiger partial charge in [-0.15, -0.1) is 0 Å². The Morgan fingerprint density at radius 1 is 1.11 bits per heavy atom. The normalized spacial score (nSPS) is 31.3. The summed E-state index contributed by atoms with van der Waals surface area (Å²) < 4.78 is 5.47. The van der Waals surface area contributed by atoms with Gasteiger partial charge in [0.2, 0.25) is 5.91 Å². The zero-order valence-electron chi connectivity index (χ0n) is 16.6. The van der Waals surface area contributed by atoms with Crippen LogP contribution in [0.3, 0.4) is 0 Å². The van der Waals surface area contributed by atoms with E-state index in [2.05, 4.69) is 47.4 Å². The lowest BCUT2D eigenvalue weighted by atomic mass is 9.63. The SMILES string of the molecule is COc1cccc([C@@]23CCC[C@@H](C2)N(C(=O)[C@@H]2C[C@@H]2c2ccccc2)CC3)c1. The second kappa shape index (κ2) is 6.95. The van der Waals surface area contributed by atoms with Crippen molar-refractivity contribution in [3.8, 4) is 5.75 Å². The van der Waals surface area contributed by atoms with Crippen LogP contribution < -0.4 is 4.74 Å². The minimum Gasteiger partial charge on any atom is -0.497 e. The molecule has 3 nitrogen and oxygen atoms in total. The maximum atomic E-state index is 13.3. The number of methoxy groups -OCH3 is 1. The van der Waals surface area contributed by atoms with Gasteiger partial charge in [0.25, 0.3) is 0 Å². The fourth-order valence-corrected chi connectivity index (χ4v) is 5.74. The highest BCUT2D eigenvalue weighted by Crippen LogP contribution is 2.52. The van der Waals surface area contributed by atoms with E-state index in [4.69, 9.17) is 4.74 Å². The minimum absolute atomic E-state index is 0.202. The van der Waals surface area contributed by atoms with Crippen LogP contribution in [-0.2, 0) is 10.2 Å². The number of fused-ring (bicyclic) bond motifs is 2. The molecule has 0 N–H and O–H groups in total. The van der Waals surface area contributed by atoms with Crippen LogP contribution in [0.2, 0.25) is 0 Å². The number of ether oxygens (including phenoxy) is 1. The average Bonchev–Trinajstić information content (AvgIpc) is 3.55. The van der Waals surface area contributed by atoms with Crippen LogP contribution in [0.5, 0.6) is 5.75 Å². The zero-order valence-corrected chi connectivity index (χ0v) is 16.6. The molecule has 2 bridgehead atoms. The smallest absolute Gasteiger partial charge is 0.226 e. The Labute approximate surface area is 167 Å². The topological polar surface area (TPSA) is 29.5 Å². The first-order chi connectivity index (χ1) is 13.7. The molecule has 2 aliphatic carbocycles. The van der Waals surface area contributed by atoms with E-state index in [-0.39, 0.29) is 11.3 Å². The number of likely N-dealkylation sites (tertiary alicyclic amines) is 1. The summed E-state index contributed by atoms with van der Waals surface area (Å²) in [5.74, 6) is 1.98. The van der Waals surface area contributed by atoms with Gasteiger partial charge in [0, 0.05) is 18.5 Å². The maximum absolute atomic E-state index is 13.3. The quantitative estimate of drug-likeness (QED) is 0.760. The second-order valence-corrected chi connectivity index (χ2v) is 8.90. The molecule has 3 heteroatoms. The Morgan fingerprint density at radius 3 is 2.79 bits per heavy atom. The average molecular weight is 376 g/mol. The van der Waals surface area contributed by atoms with Crippen molar-refractivity contribution >= 4 is 5.91 Å². The summed E-state index contributed by atoms with van der Waals surface area (Å²) in [6.45, 7) is 0.902. The Morgan fingerprint density at radius 2 is 1.96 bits per heavy atom. The van der Waals surface area contributed by atoms with Gasteiger partial charge in [-0.1, -0.05) is 48.9 Å². The Bertz CT molecular complexity index is 864. The molecule has 28 heavy (non-hydrogen) atoms. The summed E-state index contributed by atoms with van der Waals surface area (Å²) in [6, 6.07) is 19.6. The number of carbonyl (C=O) groups is 1. The van der Waals surface area contributed by atoms with Crippen LogP contribution in [0.1, 0.15) is 55.6 Å². The van der Waals surface area contributed by atoms with Crippen LogP contribution in [0.4, 0.5) is 0 Å². The van der Waals surface area contributed by atoms with E-state index in [1.54, 1.807) is 7.11 Å². The van der Waals surface area contributed by atoms with E-state index >= 15 is 0 Å². The molecule has 1 amide bonds. The molecule has 0 spiro atoms. The predicted octanol–water partition coefficient (Wildman–Crippen LogP) is 4.91. The van der Waals surface area contributed by atoms with Gasteiger partial charge in [-0.2, -0.15) is 0 Å². The summed E-state index contributed by atoms with van der Waals surface area (Å²) in [5.41, 5.74) is 2.95. The lowest BCUT2D eigenvalue weighted by molar-refractivity contribution is -0.138. The zero-order chi connectivity index (χ0) is 19.1. The third-order valence-corrected chi connectivity index (χ3v) is 7.39. The monoisotopic (exact) mass is 375 g/mol. The Kier molecular flexibility index (Phi) is 4.41. The van der Waals surface area contributed by atoms with E-state index < -0.39 is 0 Å². The van der Waals surface area contributed by atoms with Gasteiger partial charge in [0.1, 0.15) is 5.75 Å². The van der Waals surface area contributed by atoms with E-state index in [1.807, 2.05) is 12.1 Å². The molecular weight excluding hydrogens is 346 g/mol. The van der Waals surface area contributed by atoms with Crippen LogP contribution in [0.25, 0.3) is 0 Å². The van der Waals surface area contributed by atoms with Crippen molar-refractivity contribution in [2.45, 2.75) is 55.9 Å². The second-order valence-electron chi connectivity index (χ2n) is 8.90. The first-order valence-corrected chi connectivity index (χ1v) is 10.7. The molecule has 0 unspecified atom stereocenters. The van der Waals surface area contributed by atoms with Crippen molar-refractivity contribution in [3.63, 3.8) is 0 Å². The van der Waals surface area contributed by atoms with Gasteiger partial charge in [-0.3, -0.25) is 4.79 Å². The van der Waals surface area contributed by atoms with E-state index in [0.717, 1.165) is 38.0 Å². The summed E-state index contributed by atoms with van der Waals surface area (Å²) in [6.07, 6.45) is 6.79. The predicted molar refractivity (Wildman–Crippen MR) is 111 cm³/mol. The lowest BCUT2D eigenvalue weighted by Crippen LogP contribution is -2.54. The highest BCUT2D eigenvalue weighted by atomic mass is 16.5. The summed E-state index contributed by atoms with van der Waals surface area (Å²) in [7, 11) is 1.74. The highest BCUT2D eigenvalue weighted by Gasteiger charge is 2.50. The number of hydrogen-bond acceptors (Lipinski definition) is 2. The van der Waals surface area contributed by atoms with Crippen molar-refractivity contribution < 1.29 is 9.53 Å². The molecule has 2 aromatic rings. The molecule has 0 aromatic heterocycles. The molecule has 1 saturated heterocycles.